The average molecular weight is 297 g/mol. The Balaban J connectivity index is 1.50. The van der Waals surface area contributed by atoms with E-state index in [4.69, 9.17) is 0 Å². The molecule has 1 fully saturated rings. The number of para-hydroxylation sites is 1. The fourth-order valence-corrected chi connectivity index (χ4v) is 2.86. The highest BCUT2D eigenvalue weighted by molar-refractivity contribution is 5.52. The first-order valence-corrected chi connectivity index (χ1v) is 7.36. The van der Waals surface area contributed by atoms with Crippen LogP contribution in [0, 0.1) is 5.82 Å². The highest BCUT2D eigenvalue weighted by Gasteiger charge is 2.20. The minimum Gasteiger partial charge on any atom is -0.366 e. The van der Waals surface area contributed by atoms with Crippen LogP contribution in [0.5, 0.6) is 0 Å². The van der Waals surface area contributed by atoms with Crippen molar-refractivity contribution in [2.75, 3.05) is 36.0 Å². The van der Waals surface area contributed by atoms with Gasteiger partial charge in [0.05, 0.1) is 11.9 Å². The third kappa shape index (κ3) is 2.26. The van der Waals surface area contributed by atoms with Gasteiger partial charge in [-0.05, 0) is 18.2 Å². The number of anilines is 2. The zero-order valence-corrected chi connectivity index (χ0v) is 12.1. The number of fused-ring (bicyclic) bond motifs is 1. The molecule has 22 heavy (non-hydrogen) atoms. The number of nitrogens with zero attached hydrogens (tertiary/aromatic N) is 5. The predicted molar refractivity (Wildman–Crippen MR) is 83.8 cm³/mol. The molecule has 0 unspecified atom stereocenters. The molecular weight excluding hydrogens is 281 g/mol. The molecule has 0 N–H and O–H groups in total. The molecule has 0 amide bonds. The van der Waals surface area contributed by atoms with Crippen molar-refractivity contribution >= 4 is 17.2 Å². The standard InChI is InChI=1S/C16H16FN5/c17-13-3-1-2-4-14(13)20-9-11-21(12-10-20)15-6-8-22-16(19-15)5-7-18-22/h1-8H,9-12H2. The lowest BCUT2D eigenvalue weighted by Crippen LogP contribution is -2.47. The second-order valence-electron chi connectivity index (χ2n) is 5.35. The molecule has 1 aliphatic rings. The number of hydrogen-bond donors (Lipinski definition) is 0. The molecule has 0 bridgehead atoms. The lowest BCUT2D eigenvalue weighted by atomic mass is 10.2. The molecule has 0 spiro atoms. The summed E-state index contributed by atoms with van der Waals surface area (Å²) >= 11 is 0. The normalized spacial score (nSPS) is 15.5. The van der Waals surface area contributed by atoms with Gasteiger partial charge in [0, 0.05) is 38.4 Å². The molecule has 0 aliphatic carbocycles. The Morgan fingerprint density at radius 3 is 2.50 bits per heavy atom. The van der Waals surface area contributed by atoms with Crippen LogP contribution in [-0.2, 0) is 0 Å². The predicted octanol–water partition coefficient (Wildman–Crippen LogP) is 2.20. The van der Waals surface area contributed by atoms with E-state index in [1.165, 1.54) is 6.07 Å². The summed E-state index contributed by atoms with van der Waals surface area (Å²) in [7, 11) is 0. The SMILES string of the molecule is Fc1ccccc1N1CCN(c2ccn3nccc3n2)CC1. The Bertz CT molecular complexity index is 792. The van der Waals surface area contributed by atoms with Gasteiger partial charge in [0.25, 0.3) is 0 Å². The minimum atomic E-state index is -0.158. The molecule has 2 aromatic heterocycles. The van der Waals surface area contributed by atoms with Gasteiger partial charge in [-0.2, -0.15) is 5.10 Å². The van der Waals surface area contributed by atoms with Crippen LogP contribution >= 0.6 is 0 Å². The number of aromatic nitrogens is 3. The molecule has 6 heteroatoms. The quantitative estimate of drug-likeness (QED) is 0.726. The van der Waals surface area contributed by atoms with Crippen molar-refractivity contribution in [3.05, 3.63) is 54.6 Å². The topological polar surface area (TPSA) is 36.7 Å². The second kappa shape index (κ2) is 5.29. The zero-order chi connectivity index (χ0) is 14.9. The van der Waals surface area contributed by atoms with E-state index in [0.717, 1.165) is 37.6 Å². The zero-order valence-electron chi connectivity index (χ0n) is 12.1. The van der Waals surface area contributed by atoms with E-state index in [1.54, 1.807) is 16.8 Å². The molecule has 0 saturated carbocycles. The Labute approximate surface area is 127 Å². The van der Waals surface area contributed by atoms with Crippen LogP contribution in [0.1, 0.15) is 0 Å². The summed E-state index contributed by atoms with van der Waals surface area (Å²) in [4.78, 5) is 8.92. The Morgan fingerprint density at radius 1 is 0.909 bits per heavy atom. The van der Waals surface area contributed by atoms with Crippen molar-refractivity contribution in [1.82, 2.24) is 14.6 Å². The number of rotatable bonds is 2. The third-order valence-electron chi connectivity index (χ3n) is 4.04. The highest BCUT2D eigenvalue weighted by Crippen LogP contribution is 2.22. The number of halogens is 1. The van der Waals surface area contributed by atoms with Crippen LogP contribution in [0.15, 0.2) is 48.8 Å². The van der Waals surface area contributed by atoms with Crippen LogP contribution in [0.4, 0.5) is 15.9 Å². The minimum absolute atomic E-state index is 0.158. The first-order chi connectivity index (χ1) is 10.8. The van der Waals surface area contributed by atoms with Gasteiger partial charge in [-0.3, -0.25) is 0 Å². The van der Waals surface area contributed by atoms with E-state index in [2.05, 4.69) is 19.9 Å². The maximum Gasteiger partial charge on any atom is 0.157 e. The van der Waals surface area contributed by atoms with Crippen LogP contribution in [0.25, 0.3) is 5.65 Å². The van der Waals surface area contributed by atoms with Crippen LogP contribution in [-0.4, -0.2) is 40.8 Å². The maximum atomic E-state index is 13.9. The summed E-state index contributed by atoms with van der Waals surface area (Å²) < 4.78 is 15.6. The largest absolute Gasteiger partial charge is 0.366 e. The molecular formula is C16H16FN5. The lowest BCUT2D eigenvalue weighted by molar-refractivity contribution is 0.596. The fourth-order valence-electron chi connectivity index (χ4n) is 2.86. The van der Waals surface area contributed by atoms with E-state index in [-0.39, 0.29) is 5.82 Å². The van der Waals surface area contributed by atoms with E-state index in [0.29, 0.717) is 5.69 Å². The van der Waals surface area contributed by atoms with Crippen LogP contribution in [0.2, 0.25) is 0 Å². The maximum absolute atomic E-state index is 13.9. The summed E-state index contributed by atoms with van der Waals surface area (Å²) in [5.74, 6) is 0.788. The van der Waals surface area contributed by atoms with E-state index >= 15 is 0 Å². The summed E-state index contributed by atoms with van der Waals surface area (Å²) in [6, 6.07) is 10.8. The molecule has 0 radical (unpaired) electrons. The number of hydrogen-bond acceptors (Lipinski definition) is 4. The van der Waals surface area contributed by atoms with Crippen molar-refractivity contribution in [3.8, 4) is 0 Å². The van der Waals surface area contributed by atoms with Gasteiger partial charge >= 0.3 is 0 Å². The highest BCUT2D eigenvalue weighted by atomic mass is 19.1. The van der Waals surface area contributed by atoms with Gasteiger partial charge in [-0.1, -0.05) is 12.1 Å². The third-order valence-corrected chi connectivity index (χ3v) is 4.04. The molecule has 4 rings (SSSR count). The Hall–Kier alpha value is -2.63. The second-order valence-corrected chi connectivity index (χ2v) is 5.35. The monoisotopic (exact) mass is 297 g/mol. The van der Waals surface area contributed by atoms with E-state index in [9.17, 15) is 4.39 Å². The van der Waals surface area contributed by atoms with Crippen molar-refractivity contribution < 1.29 is 4.39 Å². The Kier molecular flexibility index (Phi) is 3.14. The fraction of sp³-hybridized carbons (Fsp3) is 0.250. The van der Waals surface area contributed by atoms with Gasteiger partial charge in [-0.25, -0.2) is 13.9 Å². The van der Waals surface area contributed by atoms with Gasteiger partial charge in [-0.15, -0.1) is 0 Å². The average Bonchev–Trinajstić information content (AvgIpc) is 3.03. The van der Waals surface area contributed by atoms with Gasteiger partial charge < -0.3 is 9.80 Å². The van der Waals surface area contributed by atoms with Crippen molar-refractivity contribution in [2.24, 2.45) is 0 Å². The summed E-state index contributed by atoms with van der Waals surface area (Å²) in [6.07, 6.45) is 3.66. The summed E-state index contributed by atoms with van der Waals surface area (Å²) in [6.45, 7) is 3.22. The number of benzene rings is 1. The first kappa shape index (κ1) is 13.1. The van der Waals surface area contributed by atoms with E-state index < -0.39 is 0 Å². The molecule has 1 aromatic carbocycles. The molecule has 5 nitrogen and oxygen atoms in total. The van der Waals surface area contributed by atoms with Crippen molar-refractivity contribution in [3.63, 3.8) is 0 Å². The van der Waals surface area contributed by atoms with E-state index in [1.807, 2.05) is 30.5 Å². The number of piperazine rings is 1. The van der Waals surface area contributed by atoms with Crippen LogP contribution in [0.3, 0.4) is 0 Å². The molecule has 3 aromatic rings. The van der Waals surface area contributed by atoms with Gasteiger partial charge in [0.2, 0.25) is 0 Å². The summed E-state index contributed by atoms with van der Waals surface area (Å²) in [5.41, 5.74) is 1.52. The van der Waals surface area contributed by atoms with Crippen LogP contribution < -0.4 is 9.80 Å². The molecule has 0 atom stereocenters. The smallest absolute Gasteiger partial charge is 0.157 e. The molecule has 1 aliphatic heterocycles. The van der Waals surface area contributed by atoms with Crippen molar-refractivity contribution in [1.29, 1.82) is 0 Å². The molecule has 3 heterocycles. The van der Waals surface area contributed by atoms with Gasteiger partial charge in [0.1, 0.15) is 11.6 Å². The Morgan fingerprint density at radius 2 is 1.68 bits per heavy atom. The molecule has 112 valence electrons. The van der Waals surface area contributed by atoms with Crippen molar-refractivity contribution in [2.45, 2.75) is 0 Å². The molecule has 1 saturated heterocycles. The summed E-state index contributed by atoms with van der Waals surface area (Å²) in [5, 5.41) is 4.15. The van der Waals surface area contributed by atoms with Gasteiger partial charge in [0.15, 0.2) is 5.65 Å². The first-order valence-electron chi connectivity index (χ1n) is 7.36. The lowest BCUT2D eigenvalue weighted by Gasteiger charge is -2.36.